The Kier molecular flexibility index (Phi) is 8.68. The van der Waals surface area contributed by atoms with Crippen LogP contribution in [-0.2, 0) is 6.18 Å². The molecule has 9 heteroatoms. The number of carbonyl (C=O) groups excluding carboxylic acids is 2. The number of amides is 2. The van der Waals surface area contributed by atoms with Crippen LogP contribution in [0.25, 0.3) is 0 Å². The standard InChI is InChI=1S/C29H29F3N2O4/c30-29(31,32)24-4-1-3-23(19-24)27(36)33-25-9-5-20(6-10-25)21-13-15-34(16-14-21)28(37)22-7-11-26(12-8-22)38-18-2-17-35/h1,3-12,19,21,35H,2,13-18H2,(H,33,36). The molecular weight excluding hydrogens is 497 g/mol. The van der Waals surface area contributed by atoms with Crippen LogP contribution in [-0.4, -0.2) is 48.1 Å². The van der Waals surface area contributed by atoms with E-state index in [1.807, 2.05) is 17.0 Å². The fraction of sp³-hybridized carbons (Fsp3) is 0.310. The number of alkyl halides is 3. The quantitative estimate of drug-likeness (QED) is 0.367. The predicted molar refractivity (Wildman–Crippen MR) is 137 cm³/mol. The van der Waals surface area contributed by atoms with Gasteiger partial charge in [-0.15, -0.1) is 0 Å². The van der Waals surface area contributed by atoms with E-state index in [0.29, 0.717) is 43.1 Å². The molecule has 3 aromatic carbocycles. The van der Waals surface area contributed by atoms with Gasteiger partial charge in [0.2, 0.25) is 0 Å². The van der Waals surface area contributed by atoms with E-state index in [1.54, 1.807) is 36.4 Å². The average molecular weight is 527 g/mol. The third-order valence-electron chi connectivity index (χ3n) is 6.55. The van der Waals surface area contributed by atoms with Crippen LogP contribution in [0.3, 0.4) is 0 Å². The van der Waals surface area contributed by atoms with Gasteiger partial charge in [0.05, 0.1) is 12.2 Å². The Bertz CT molecular complexity index is 1240. The highest BCUT2D eigenvalue weighted by Crippen LogP contribution is 2.31. The highest BCUT2D eigenvalue weighted by Gasteiger charge is 2.31. The van der Waals surface area contributed by atoms with Crippen molar-refractivity contribution in [3.63, 3.8) is 0 Å². The molecule has 200 valence electrons. The van der Waals surface area contributed by atoms with Crippen LogP contribution >= 0.6 is 0 Å². The normalized spacial score (nSPS) is 14.3. The first-order valence-electron chi connectivity index (χ1n) is 12.5. The van der Waals surface area contributed by atoms with Crippen molar-refractivity contribution >= 4 is 17.5 Å². The number of rotatable bonds is 8. The van der Waals surface area contributed by atoms with Gasteiger partial charge in [0.1, 0.15) is 5.75 Å². The molecular formula is C29H29F3N2O4. The van der Waals surface area contributed by atoms with E-state index in [4.69, 9.17) is 9.84 Å². The van der Waals surface area contributed by atoms with Crippen molar-refractivity contribution in [2.75, 3.05) is 31.6 Å². The van der Waals surface area contributed by atoms with Crippen LogP contribution in [0.2, 0.25) is 0 Å². The lowest BCUT2D eigenvalue weighted by atomic mass is 9.89. The van der Waals surface area contributed by atoms with Crippen LogP contribution in [0.4, 0.5) is 18.9 Å². The second-order valence-electron chi connectivity index (χ2n) is 9.17. The molecule has 1 fully saturated rings. The highest BCUT2D eigenvalue weighted by atomic mass is 19.4. The van der Waals surface area contributed by atoms with E-state index in [9.17, 15) is 22.8 Å². The molecule has 0 atom stereocenters. The van der Waals surface area contributed by atoms with Gasteiger partial charge in [-0.3, -0.25) is 9.59 Å². The number of benzene rings is 3. The summed E-state index contributed by atoms with van der Waals surface area (Å²) < 4.78 is 44.3. The first-order chi connectivity index (χ1) is 18.2. The summed E-state index contributed by atoms with van der Waals surface area (Å²) in [4.78, 5) is 27.2. The van der Waals surface area contributed by atoms with Crippen LogP contribution in [0.1, 0.15) is 57.0 Å². The Balaban J connectivity index is 1.29. The molecule has 2 amide bonds. The minimum Gasteiger partial charge on any atom is -0.494 e. The number of nitrogens with zero attached hydrogens (tertiary/aromatic N) is 1. The molecule has 0 spiro atoms. The van der Waals surface area contributed by atoms with Crippen molar-refractivity contribution < 1.29 is 32.6 Å². The van der Waals surface area contributed by atoms with Crippen molar-refractivity contribution in [2.45, 2.75) is 31.4 Å². The van der Waals surface area contributed by atoms with E-state index in [-0.39, 0.29) is 24.0 Å². The average Bonchev–Trinajstić information content (AvgIpc) is 2.93. The van der Waals surface area contributed by atoms with E-state index < -0.39 is 17.6 Å². The minimum absolute atomic E-state index is 0.0296. The molecule has 38 heavy (non-hydrogen) atoms. The van der Waals surface area contributed by atoms with Gasteiger partial charge in [0, 0.05) is 42.9 Å². The van der Waals surface area contributed by atoms with Gasteiger partial charge in [0.15, 0.2) is 0 Å². The zero-order chi connectivity index (χ0) is 27.1. The molecule has 0 unspecified atom stereocenters. The Morgan fingerprint density at radius 2 is 1.63 bits per heavy atom. The molecule has 1 aliphatic heterocycles. The van der Waals surface area contributed by atoms with Gasteiger partial charge >= 0.3 is 6.18 Å². The number of piperidine rings is 1. The Morgan fingerprint density at radius 3 is 2.26 bits per heavy atom. The molecule has 0 saturated carbocycles. The number of ether oxygens (including phenoxy) is 1. The van der Waals surface area contributed by atoms with Gasteiger partial charge in [-0.2, -0.15) is 13.2 Å². The number of likely N-dealkylation sites (tertiary alicyclic amines) is 1. The maximum atomic E-state index is 12.9. The Labute approximate surface area is 219 Å². The first-order valence-corrected chi connectivity index (χ1v) is 12.5. The molecule has 3 aromatic rings. The number of nitrogens with one attached hydrogen (secondary N) is 1. The molecule has 6 nitrogen and oxygen atoms in total. The fourth-order valence-electron chi connectivity index (χ4n) is 4.43. The van der Waals surface area contributed by atoms with E-state index in [1.165, 1.54) is 12.1 Å². The topological polar surface area (TPSA) is 78.9 Å². The van der Waals surface area contributed by atoms with Crippen molar-refractivity contribution in [1.29, 1.82) is 0 Å². The van der Waals surface area contributed by atoms with Gasteiger partial charge < -0.3 is 20.1 Å². The summed E-state index contributed by atoms with van der Waals surface area (Å²) in [6.07, 6.45) is -2.38. The summed E-state index contributed by atoms with van der Waals surface area (Å²) in [5, 5.41) is 11.5. The SMILES string of the molecule is O=C(Nc1ccc(C2CCN(C(=O)c3ccc(OCCCO)cc3)CC2)cc1)c1cccc(C(F)(F)F)c1. The van der Waals surface area contributed by atoms with Gasteiger partial charge in [0.25, 0.3) is 11.8 Å². The summed E-state index contributed by atoms with van der Waals surface area (Å²) in [7, 11) is 0. The molecule has 1 aliphatic rings. The molecule has 0 radical (unpaired) electrons. The maximum absolute atomic E-state index is 12.9. The number of aliphatic hydroxyl groups is 1. The second-order valence-corrected chi connectivity index (χ2v) is 9.17. The fourth-order valence-corrected chi connectivity index (χ4v) is 4.43. The number of halogens is 3. The second kappa shape index (κ2) is 12.1. The Hall–Kier alpha value is -3.85. The zero-order valence-electron chi connectivity index (χ0n) is 20.7. The van der Waals surface area contributed by atoms with Crippen LogP contribution in [0.15, 0.2) is 72.8 Å². The van der Waals surface area contributed by atoms with Crippen molar-refractivity contribution in [2.24, 2.45) is 0 Å². The summed E-state index contributed by atoms with van der Waals surface area (Å²) in [5.41, 5.74) is 1.24. The lowest BCUT2D eigenvalue weighted by Gasteiger charge is -2.32. The summed E-state index contributed by atoms with van der Waals surface area (Å²) in [6.45, 7) is 1.72. The van der Waals surface area contributed by atoms with Gasteiger partial charge in [-0.25, -0.2) is 0 Å². The lowest BCUT2D eigenvalue weighted by molar-refractivity contribution is -0.137. The largest absolute Gasteiger partial charge is 0.494 e. The smallest absolute Gasteiger partial charge is 0.416 e. The number of hydrogen-bond donors (Lipinski definition) is 2. The van der Waals surface area contributed by atoms with Crippen LogP contribution in [0.5, 0.6) is 5.75 Å². The van der Waals surface area contributed by atoms with E-state index in [2.05, 4.69) is 5.32 Å². The number of aliphatic hydroxyl groups excluding tert-OH is 1. The van der Waals surface area contributed by atoms with E-state index in [0.717, 1.165) is 30.5 Å². The summed E-state index contributed by atoms with van der Waals surface area (Å²) >= 11 is 0. The summed E-state index contributed by atoms with van der Waals surface area (Å²) in [6, 6.07) is 18.6. The predicted octanol–water partition coefficient (Wildman–Crippen LogP) is 5.74. The first kappa shape index (κ1) is 27.2. The van der Waals surface area contributed by atoms with E-state index >= 15 is 0 Å². The molecule has 4 rings (SSSR count). The Morgan fingerprint density at radius 1 is 0.947 bits per heavy atom. The summed E-state index contributed by atoms with van der Waals surface area (Å²) in [5.74, 6) is 0.274. The van der Waals surface area contributed by atoms with Crippen molar-refractivity contribution in [3.05, 3.63) is 95.1 Å². The highest BCUT2D eigenvalue weighted by molar-refractivity contribution is 6.04. The van der Waals surface area contributed by atoms with Crippen LogP contribution in [0, 0.1) is 0 Å². The third kappa shape index (κ3) is 6.92. The number of carbonyl (C=O) groups is 2. The van der Waals surface area contributed by atoms with Crippen molar-refractivity contribution in [3.8, 4) is 5.75 Å². The monoisotopic (exact) mass is 526 g/mol. The third-order valence-corrected chi connectivity index (χ3v) is 6.55. The van der Waals surface area contributed by atoms with Gasteiger partial charge in [-0.05, 0) is 78.9 Å². The molecule has 1 heterocycles. The number of hydrogen-bond acceptors (Lipinski definition) is 4. The molecule has 1 saturated heterocycles. The zero-order valence-corrected chi connectivity index (χ0v) is 20.7. The van der Waals surface area contributed by atoms with Crippen molar-refractivity contribution in [1.82, 2.24) is 4.90 Å². The number of anilines is 1. The molecule has 0 aromatic heterocycles. The maximum Gasteiger partial charge on any atom is 0.416 e. The lowest BCUT2D eigenvalue weighted by Crippen LogP contribution is -2.37. The molecule has 0 bridgehead atoms. The van der Waals surface area contributed by atoms with Crippen LogP contribution < -0.4 is 10.1 Å². The van der Waals surface area contributed by atoms with Gasteiger partial charge in [-0.1, -0.05) is 18.2 Å². The minimum atomic E-state index is -4.52. The molecule has 2 N–H and O–H groups in total. The molecule has 0 aliphatic carbocycles.